The molecular formula is C23H23N3O3. The van der Waals surface area contributed by atoms with Gasteiger partial charge < -0.3 is 10.0 Å². The van der Waals surface area contributed by atoms with Crippen LogP contribution >= 0.6 is 0 Å². The molecule has 1 aliphatic rings. The van der Waals surface area contributed by atoms with E-state index in [-0.39, 0.29) is 5.91 Å². The van der Waals surface area contributed by atoms with Crippen molar-refractivity contribution in [3.8, 4) is 0 Å². The molecule has 2 aromatic carbocycles. The Morgan fingerprint density at radius 1 is 0.966 bits per heavy atom. The Morgan fingerprint density at radius 2 is 1.66 bits per heavy atom. The molecule has 148 valence electrons. The molecule has 0 radical (unpaired) electrons. The Kier molecular flexibility index (Phi) is 5.16. The van der Waals surface area contributed by atoms with Gasteiger partial charge in [0.2, 0.25) is 0 Å². The smallest absolute Gasteiger partial charge is 0.314 e. The molecule has 1 aromatic heterocycles. The normalized spacial score (nSPS) is 15.8. The molecule has 1 aliphatic heterocycles. The lowest BCUT2D eigenvalue weighted by atomic mass is 9.72. The number of likely N-dealkylation sites (tertiary alicyclic amines) is 1. The summed E-state index contributed by atoms with van der Waals surface area (Å²) in [4.78, 5) is 27.1. The zero-order valence-corrected chi connectivity index (χ0v) is 16.1. The van der Waals surface area contributed by atoms with E-state index in [4.69, 9.17) is 0 Å². The highest BCUT2D eigenvalue weighted by atomic mass is 16.4. The average Bonchev–Trinajstić information content (AvgIpc) is 3.27. The van der Waals surface area contributed by atoms with Crippen LogP contribution in [0, 0.1) is 0 Å². The summed E-state index contributed by atoms with van der Waals surface area (Å²) in [5.41, 5.74) is 1.41. The van der Waals surface area contributed by atoms with Crippen molar-refractivity contribution in [3.63, 3.8) is 0 Å². The maximum absolute atomic E-state index is 13.2. The van der Waals surface area contributed by atoms with Crippen LogP contribution in [0.3, 0.4) is 0 Å². The zero-order valence-electron chi connectivity index (χ0n) is 16.1. The topological polar surface area (TPSA) is 75.4 Å². The predicted molar refractivity (Wildman–Crippen MR) is 109 cm³/mol. The van der Waals surface area contributed by atoms with Gasteiger partial charge in [0.25, 0.3) is 5.91 Å². The molecule has 1 saturated heterocycles. The van der Waals surface area contributed by atoms with Crippen LogP contribution in [0.15, 0.2) is 73.1 Å². The van der Waals surface area contributed by atoms with E-state index >= 15 is 0 Å². The number of carboxylic acid groups (broad SMARTS) is 1. The van der Waals surface area contributed by atoms with Crippen molar-refractivity contribution >= 4 is 11.9 Å². The molecule has 1 N–H and O–H groups in total. The highest BCUT2D eigenvalue weighted by Crippen LogP contribution is 2.36. The van der Waals surface area contributed by atoms with E-state index in [1.54, 1.807) is 15.8 Å². The van der Waals surface area contributed by atoms with Crippen molar-refractivity contribution in [3.05, 3.63) is 89.7 Å². The van der Waals surface area contributed by atoms with Gasteiger partial charge in [-0.3, -0.25) is 14.3 Å². The minimum atomic E-state index is -0.938. The molecule has 4 rings (SSSR count). The van der Waals surface area contributed by atoms with Crippen LogP contribution in [-0.4, -0.2) is 44.8 Å². The van der Waals surface area contributed by atoms with Gasteiger partial charge in [-0.2, -0.15) is 5.10 Å². The number of amides is 1. The third-order valence-electron chi connectivity index (χ3n) is 5.78. The summed E-state index contributed by atoms with van der Waals surface area (Å²) in [6, 6.07) is 18.7. The van der Waals surface area contributed by atoms with Gasteiger partial charge in [-0.1, -0.05) is 48.5 Å². The van der Waals surface area contributed by atoms with E-state index < -0.39 is 11.4 Å². The van der Waals surface area contributed by atoms with Crippen LogP contribution in [0.2, 0.25) is 0 Å². The molecule has 0 spiro atoms. The Balaban J connectivity index is 1.53. The van der Waals surface area contributed by atoms with Crippen LogP contribution in [-0.2, 0) is 16.8 Å². The predicted octanol–water partition coefficient (Wildman–Crippen LogP) is 3.19. The minimum Gasteiger partial charge on any atom is -0.481 e. The monoisotopic (exact) mass is 389 g/mol. The third-order valence-corrected chi connectivity index (χ3v) is 5.78. The first-order valence-corrected chi connectivity index (χ1v) is 9.74. The number of benzene rings is 2. The van der Waals surface area contributed by atoms with Crippen LogP contribution < -0.4 is 0 Å². The van der Waals surface area contributed by atoms with Gasteiger partial charge in [-0.05, 0) is 36.1 Å². The Bertz CT molecular complexity index is 991. The quantitative estimate of drug-likeness (QED) is 0.727. The lowest BCUT2D eigenvalue weighted by molar-refractivity contribution is -0.145. The summed E-state index contributed by atoms with van der Waals surface area (Å²) in [5.74, 6) is -0.880. The second kappa shape index (κ2) is 7.91. The summed E-state index contributed by atoms with van der Waals surface area (Å²) in [6.07, 6.45) is 4.38. The number of aliphatic carboxylic acids is 1. The molecule has 0 aliphatic carbocycles. The van der Waals surface area contributed by atoms with Crippen molar-refractivity contribution in [1.82, 2.24) is 14.7 Å². The molecule has 0 bridgehead atoms. The maximum atomic E-state index is 13.2. The molecule has 3 aromatic rings. The summed E-state index contributed by atoms with van der Waals surface area (Å²) >= 11 is 0. The summed E-state index contributed by atoms with van der Waals surface area (Å²) < 4.78 is 1.78. The van der Waals surface area contributed by atoms with Gasteiger partial charge >= 0.3 is 5.97 Å². The van der Waals surface area contributed by atoms with Crippen LogP contribution in [0.5, 0.6) is 0 Å². The number of carbonyl (C=O) groups excluding carboxylic acids is 1. The molecule has 0 unspecified atom stereocenters. The first kappa shape index (κ1) is 18.9. The second-order valence-electron chi connectivity index (χ2n) is 7.41. The largest absolute Gasteiger partial charge is 0.481 e. The Morgan fingerprint density at radius 3 is 2.31 bits per heavy atom. The molecule has 29 heavy (non-hydrogen) atoms. The van der Waals surface area contributed by atoms with E-state index in [9.17, 15) is 14.7 Å². The number of carbonyl (C=O) groups is 2. The summed E-state index contributed by atoms with van der Waals surface area (Å²) in [5, 5.41) is 14.2. The lowest BCUT2D eigenvalue weighted by Crippen LogP contribution is -2.49. The standard InChI is InChI=1S/C23H23N3O3/c27-21(20-10-5-4-7-18(20)17-26-14-6-13-24-26)25-15-11-23(12-16-25,22(28)29)19-8-2-1-3-9-19/h1-10,13-14H,11-12,15-17H2,(H,28,29). The molecule has 0 atom stereocenters. The number of piperidine rings is 1. The average molecular weight is 389 g/mol. The van der Waals surface area contributed by atoms with Crippen molar-refractivity contribution in [2.45, 2.75) is 24.8 Å². The van der Waals surface area contributed by atoms with E-state index in [1.807, 2.05) is 66.9 Å². The van der Waals surface area contributed by atoms with E-state index in [0.717, 1.165) is 11.1 Å². The molecule has 1 amide bonds. The molecule has 6 heteroatoms. The van der Waals surface area contributed by atoms with Crippen molar-refractivity contribution in [2.75, 3.05) is 13.1 Å². The van der Waals surface area contributed by atoms with Gasteiger partial charge in [-0.25, -0.2) is 0 Å². The number of carboxylic acids is 1. The fourth-order valence-electron chi connectivity index (χ4n) is 4.08. The van der Waals surface area contributed by atoms with Crippen LogP contribution in [0.4, 0.5) is 0 Å². The van der Waals surface area contributed by atoms with Crippen LogP contribution in [0.1, 0.15) is 34.3 Å². The van der Waals surface area contributed by atoms with Gasteiger partial charge in [0.1, 0.15) is 0 Å². The van der Waals surface area contributed by atoms with Gasteiger partial charge in [0.15, 0.2) is 0 Å². The highest BCUT2D eigenvalue weighted by Gasteiger charge is 2.44. The fraction of sp³-hybridized carbons (Fsp3) is 0.261. The first-order valence-electron chi connectivity index (χ1n) is 9.74. The molecular weight excluding hydrogens is 366 g/mol. The second-order valence-corrected chi connectivity index (χ2v) is 7.41. The van der Waals surface area contributed by atoms with Crippen molar-refractivity contribution in [2.24, 2.45) is 0 Å². The zero-order chi connectivity index (χ0) is 20.3. The molecule has 6 nitrogen and oxygen atoms in total. The fourth-order valence-corrected chi connectivity index (χ4v) is 4.08. The first-order chi connectivity index (χ1) is 14.1. The summed E-state index contributed by atoms with van der Waals surface area (Å²) in [6.45, 7) is 1.35. The van der Waals surface area contributed by atoms with E-state index in [0.29, 0.717) is 38.0 Å². The number of hydrogen-bond donors (Lipinski definition) is 1. The van der Waals surface area contributed by atoms with Crippen molar-refractivity contribution in [1.29, 1.82) is 0 Å². The molecule has 0 saturated carbocycles. The summed E-state index contributed by atoms with van der Waals surface area (Å²) in [7, 11) is 0. The SMILES string of the molecule is O=C(c1ccccc1Cn1cccn1)N1CCC(C(=O)O)(c2ccccc2)CC1. The minimum absolute atomic E-state index is 0.0557. The number of rotatable bonds is 5. The molecule has 1 fully saturated rings. The van der Waals surface area contributed by atoms with Crippen molar-refractivity contribution < 1.29 is 14.7 Å². The van der Waals surface area contributed by atoms with E-state index in [1.165, 1.54) is 0 Å². The maximum Gasteiger partial charge on any atom is 0.314 e. The van der Waals surface area contributed by atoms with Gasteiger partial charge in [0.05, 0.1) is 12.0 Å². The number of hydrogen-bond acceptors (Lipinski definition) is 3. The Hall–Kier alpha value is -3.41. The third kappa shape index (κ3) is 3.66. The van der Waals surface area contributed by atoms with Gasteiger partial charge in [0, 0.05) is 31.0 Å². The highest BCUT2D eigenvalue weighted by molar-refractivity contribution is 5.96. The lowest BCUT2D eigenvalue weighted by Gasteiger charge is -2.39. The van der Waals surface area contributed by atoms with Gasteiger partial charge in [-0.15, -0.1) is 0 Å². The van der Waals surface area contributed by atoms with E-state index in [2.05, 4.69) is 5.10 Å². The number of aromatic nitrogens is 2. The Labute approximate surface area is 169 Å². The number of nitrogens with zero attached hydrogens (tertiary/aromatic N) is 3. The van der Waals surface area contributed by atoms with Crippen LogP contribution in [0.25, 0.3) is 0 Å². The molecule has 2 heterocycles.